The smallest absolute Gasteiger partial charge is 0.266 e. The number of anilines is 2. The maximum Gasteiger partial charge on any atom is 0.266 e. The van der Waals surface area contributed by atoms with E-state index in [2.05, 4.69) is 26.0 Å². The summed E-state index contributed by atoms with van der Waals surface area (Å²) in [4.78, 5) is 31.5. The largest absolute Gasteiger partial charge is 0.340 e. The molecule has 0 bridgehead atoms. The van der Waals surface area contributed by atoms with E-state index in [0.717, 1.165) is 0 Å². The van der Waals surface area contributed by atoms with Crippen LogP contribution in [0.15, 0.2) is 66.0 Å². The SMILES string of the molecule is CCN(c1ncnc2nc[nH]c12)c1c(C#N)c2cccc(Cl)c2c(=O)n1-c1ccccc1. The molecule has 3 aromatic heterocycles. The molecular weight excluding hydrogens is 426 g/mol. The molecule has 0 fully saturated rings. The van der Waals surface area contributed by atoms with Crippen molar-refractivity contribution in [3.8, 4) is 11.8 Å². The number of nitrogens with one attached hydrogen (secondary N) is 1. The molecule has 0 aliphatic heterocycles. The second kappa shape index (κ2) is 7.80. The number of nitriles is 1. The molecule has 0 aliphatic rings. The Morgan fingerprint density at radius 3 is 2.69 bits per heavy atom. The number of halogens is 1. The van der Waals surface area contributed by atoms with Crippen molar-refractivity contribution in [3.63, 3.8) is 0 Å². The van der Waals surface area contributed by atoms with Crippen LogP contribution in [0.3, 0.4) is 0 Å². The lowest BCUT2D eigenvalue weighted by molar-refractivity contribution is 0.894. The summed E-state index contributed by atoms with van der Waals surface area (Å²) in [5, 5.41) is 11.3. The van der Waals surface area contributed by atoms with Crippen LogP contribution in [0.25, 0.3) is 27.6 Å². The highest BCUT2D eigenvalue weighted by molar-refractivity contribution is 6.35. The molecule has 3 heterocycles. The third-order valence-corrected chi connectivity index (χ3v) is 5.61. The van der Waals surface area contributed by atoms with Crippen LogP contribution in [0.5, 0.6) is 0 Å². The van der Waals surface area contributed by atoms with Crippen molar-refractivity contribution in [3.05, 3.63) is 82.1 Å². The molecule has 5 aromatic rings. The fourth-order valence-corrected chi connectivity index (χ4v) is 4.18. The Morgan fingerprint density at radius 1 is 1.12 bits per heavy atom. The summed E-state index contributed by atoms with van der Waals surface area (Å²) in [5.74, 6) is 0.910. The molecule has 0 aliphatic carbocycles. The zero-order valence-corrected chi connectivity index (χ0v) is 17.7. The van der Waals surface area contributed by atoms with Gasteiger partial charge in [-0.2, -0.15) is 5.26 Å². The minimum absolute atomic E-state index is 0.293. The van der Waals surface area contributed by atoms with E-state index >= 15 is 0 Å². The van der Waals surface area contributed by atoms with E-state index in [-0.39, 0.29) is 5.56 Å². The number of rotatable bonds is 4. The van der Waals surface area contributed by atoms with Crippen molar-refractivity contribution in [1.29, 1.82) is 5.26 Å². The van der Waals surface area contributed by atoms with Gasteiger partial charge in [0.05, 0.1) is 22.4 Å². The molecule has 0 radical (unpaired) electrons. The van der Waals surface area contributed by atoms with Gasteiger partial charge in [0, 0.05) is 11.9 Å². The van der Waals surface area contributed by atoms with Gasteiger partial charge in [0.2, 0.25) is 0 Å². The van der Waals surface area contributed by atoms with Gasteiger partial charge in [0.25, 0.3) is 5.56 Å². The van der Waals surface area contributed by atoms with Gasteiger partial charge in [0.1, 0.15) is 29.3 Å². The summed E-state index contributed by atoms with van der Waals surface area (Å²) < 4.78 is 1.51. The Bertz CT molecular complexity index is 1570. The molecular formula is C23H16ClN7O. The van der Waals surface area contributed by atoms with Crippen molar-refractivity contribution < 1.29 is 0 Å². The Morgan fingerprint density at radius 2 is 1.94 bits per heavy atom. The van der Waals surface area contributed by atoms with E-state index in [1.807, 2.05) is 42.2 Å². The van der Waals surface area contributed by atoms with Crippen molar-refractivity contribution in [2.24, 2.45) is 0 Å². The van der Waals surface area contributed by atoms with Gasteiger partial charge >= 0.3 is 0 Å². The molecule has 1 N–H and O–H groups in total. The fraction of sp³-hybridized carbons (Fsp3) is 0.0870. The van der Waals surface area contributed by atoms with Gasteiger partial charge in [-0.15, -0.1) is 0 Å². The van der Waals surface area contributed by atoms with Gasteiger partial charge in [0.15, 0.2) is 11.5 Å². The Balaban J connectivity index is 1.97. The average Bonchev–Trinajstić information content (AvgIpc) is 3.30. The van der Waals surface area contributed by atoms with Crippen LogP contribution >= 0.6 is 11.6 Å². The standard InChI is InChI=1S/C23H16ClN7O/c1-2-30(21-19-20(27-12-26-19)28-13-29-21)22-16(11-25)15-9-6-10-17(24)18(15)23(32)31(22)14-7-4-3-5-8-14/h3-10,12-13H,2H2,1H3,(H,26,27,28,29). The topological polar surface area (TPSA) is 103 Å². The number of aromatic nitrogens is 5. The summed E-state index contributed by atoms with van der Waals surface area (Å²) in [6.45, 7) is 2.35. The summed E-state index contributed by atoms with van der Waals surface area (Å²) in [5.41, 5.74) is 1.71. The summed E-state index contributed by atoms with van der Waals surface area (Å²) in [6.07, 6.45) is 2.95. The van der Waals surface area contributed by atoms with Crippen molar-refractivity contribution in [2.75, 3.05) is 11.4 Å². The van der Waals surface area contributed by atoms with Gasteiger partial charge in [-0.3, -0.25) is 9.36 Å². The van der Waals surface area contributed by atoms with E-state index in [1.165, 1.54) is 17.2 Å². The van der Waals surface area contributed by atoms with Crippen LogP contribution in [0.1, 0.15) is 12.5 Å². The highest BCUT2D eigenvalue weighted by Crippen LogP contribution is 2.35. The van der Waals surface area contributed by atoms with Gasteiger partial charge in [-0.25, -0.2) is 15.0 Å². The molecule has 8 nitrogen and oxygen atoms in total. The number of imidazole rings is 1. The molecule has 9 heteroatoms. The van der Waals surface area contributed by atoms with E-state index in [9.17, 15) is 10.1 Å². The maximum absolute atomic E-state index is 13.8. The maximum atomic E-state index is 13.8. The van der Waals surface area contributed by atoms with Gasteiger partial charge in [-0.05, 0) is 25.1 Å². The van der Waals surface area contributed by atoms with Crippen molar-refractivity contribution >= 4 is 45.2 Å². The van der Waals surface area contributed by atoms with Gasteiger partial charge in [-0.1, -0.05) is 41.9 Å². The van der Waals surface area contributed by atoms with Crippen molar-refractivity contribution in [1.82, 2.24) is 24.5 Å². The molecule has 0 spiro atoms. The first kappa shape index (κ1) is 19.7. The predicted octanol–water partition coefficient (Wildman–Crippen LogP) is 4.34. The summed E-state index contributed by atoms with van der Waals surface area (Å²) in [6, 6.07) is 16.6. The minimum Gasteiger partial charge on any atom is -0.340 e. The molecule has 0 saturated heterocycles. The number of hydrogen-bond acceptors (Lipinski definition) is 6. The number of pyridine rings is 1. The quantitative estimate of drug-likeness (QED) is 0.445. The monoisotopic (exact) mass is 441 g/mol. The second-order valence-electron chi connectivity index (χ2n) is 6.99. The normalized spacial score (nSPS) is 11.0. The van der Waals surface area contributed by atoms with E-state index in [1.54, 1.807) is 18.2 Å². The fourth-order valence-electron chi connectivity index (χ4n) is 3.93. The Kier molecular flexibility index (Phi) is 4.81. The third-order valence-electron chi connectivity index (χ3n) is 5.29. The average molecular weight is 442 g/mol. The first-order chi connectivity index (χ1) is 15.7. The molecule has 0 amide bonds. The first-order valence-corrected chi connectivity index (χ1v) is 10.3. The number of hydrogen-bond donors (Lipinski definition) is 1. The molecule has 0 unspecified atom stereocenters. The van der Waals surface area contributed by atoms with Crippen LogP contribution in [0.4, 0.5) is 11.6 Å². The summed E-state index contributed by atoms with van der Waals surface area (Å²) in [7, 11) is 0. The zero-order chi connectivity index (χ0) is 22.2. The molecule has 0 atom stereocenters. The molecule has 156 valence electrons. The van der Waals surface area contributed by atoms with Crippen LogP contribution in [0, 0.1) is 11.3 Å². The van der Waals surface area contributed by atoms with Crippen LogP contribution in [-0.4, -0.2) is 31.0 Å². The highest BCUT2D eigenvalue weighted by Gasteiger charge is 2.26. The number of fused-ring (bicyclic) bond motifs is 2. The number of H-pyrrole nitrogens is 1. The van der Waals surface area contributed by atoms with Crippen LogP contribution in [-0.2, 0) is 0 Å². The zero-order valence-electron chi connectivity index (χ0n) is 17.0. The number of nitrogens with zero attached hydrogens (tertiary/aromatic N) is 6. The van der Waals surface area contributed by atoms with E-state index in [4.69, 9.17) is 11.6 Å². The highest BCUT2D eigenvalue weighted by atomic mass is 35.5. The summed E-state index contributed by atoms with van der Waals surface area (Å²) >= 11 is 6.43. The van der Waals surface area contributed by atoms with E-state index in [0.29, 0.717) is 56.4 Å². The molecule has 0 saturated carbocycles. The third kappa shape index (κ3) is 2.91. The van der Waals surface area contributed by atoms with Crippen LogP contribution in [0.2, 0.25) is 5.02 Å². The molecule has 5 rings (SSSR count). The molecule has 32 heavy (non-hydrogen) atoms. The lowest BCUT2D eigenvalue weighted by atomic mass is 10.1. The first-order valence-electron chi connectivity index (χ1n) is 9.90. The number of benzene rings is 2. The number of para-hydroxylation sites is 1. The second-order valence-corrected chi connectivity index (χ2v) is 7.40. The molecule has 2 aromatic carbocycles. The number of aromatic amines is 1. The lowest BCUT2D eigenvalue weighted by Crippen LogP contribution is -2.30. The minimum atomic E-state index is -0.320. The van der Waals surface area contributed by atoms with E-state index < -0.39 is 0 Å². The van der Waals surface area contributed by atoms with Crippen molar-refractivity contribution in [2.45, 2.75) is 6.92 Å². The van der Waals surface area contributed by atoms with Crippen LogP contribution < -0.4 is 10.5 Å². The lowest BCUT2D eigenvalue weighted by Gasteiger charge is -2.27. The predicted molar refractivity (Wildman–Crippen MR) is 124 cm³/mol. The van der Waals surface area contributed by atoms with Gasteiger partial charge < -0.3 is 9.88 Å². The Hall–Kier alpha value is -4.22. The Labute approximate surface area is 187 Å².